The summed E-state index contributed by atoms with van der Waals surface area (Å²) in [6.07, 6.45) is 1.70. The lowest BCUT2D eigenvalue weighted by molar-refractivity contribution is 0.0600. The fraction of sp³-hybridized carbons (Fsp3) is 0.417. The van der Waals surface area contributed by atoms with Gasteiger partial charge >= 0.3 is 5.97 Å². The van der Waals surface area contributed by atoms with E-state index in [0.717, 1.165) is 18.4 Å². The summed E-state index contributed by atoms with van der Waals surface area (Å²) < 4.78 is 4.65. The minimum absolute atomic E-state index is 0.0758. The first-order valence-electron chi connectivity index (χ1n) is 5.33. The summed E-state index contributed by atoms with van der Waals surface area (Å²) in [6, 6.07) is 7.13. The van der Waals surface area contributed by atoms with Crippen LogP contribution in [-0.2, 0) is 4.74 Å². The normalized spacial score (nSPS) is 12.2. The predicted octanol–water partition coefficient (Wildman–Crippen LogP) is 1.21. The predicted molar refractivity (Wildman–Crippen MR) is 63.0 cm³/mol. The number of nitrogens with two attached hydrogens (primary N) is 2. The molecule has 0 saturated heterocycles. The highest BCUT2D eigenvalue weighted by Crippen LogP contribution is 2.17. The Morgan fingerprint density at radius 3 is 2.88 bits per heavy atom. The molecule has 0 radical (unpaired) electrons. The Hall–Kier alpha value is -1.39. The highest BCUT2D eigenvalue weighted by molar-refractivity contribution is 5.89. The molecule has 16 heavy (non-hydrogen) atoms. The molecule has 0 aliphatic carbocycles. The van der Waals surface area contributed by atoms with E-state index in [1.54, 1.807) is 12.1 Å². The van der Waals surface area contributed by atoms with Crippen LogP contribution >= 0.6 is 0 Å². The summed E-state index contributed by atoms with van der Waals surface area (Å²) >= 11 is 0. The third-order valence-corrected chi connectivity index (χ3v) is 2.46. The molecular weight excluding hydrogens is 204 g/mol. The van der Waals surface area contributed by atoms with Crippen molar-refractivity contribution in [3.8, 4) is 0 Å². The van der Waals surface area contributed by atoms with E-state index < -0.39 is 0 Å². The van der Waals surface area contributed by atoms with Crippen LogP contribution in [0.25, 0.3) is 0 Å². The van der Waals surface area contributed by atoms with Crippen LogP contribution in [0.4, 0.5) is 0 Å². The second kappa shape index (κ2) is 6.25. The van der Waals surface area contributed by atoms with Crippen molar-refractivity contribution in [2.75, 3.05) is 13.7 Å². The van der Waals surface area contributed by atoms with Gasteiger partial charge in [0.05, 0.1) is 12.7 Å². The summed E-state index contributed by atoms with van der Waals surface area (Å²) in [6.45, 7) is 0.629. The van der Waals surface area contributed by atoms with E-state index in [-0.39, 0.29) is 12.0 Å². The van der Waals surface area contributed by atoms with Crippen molar-refractivity contribution in [1.82, 2.24) is 0 Å². The van der Waals surface area contributed by atoms with Crippen LogP contribution in [0.3, 0.4) is 0 Å². The summed E-state index contributed by atoms with van der Waals surface area (Å²) in [5.41, 5.74) is 12.9. The lowest BCUT2D eigenvalue weighted by atomic mass is 10.0. The molecule has 0 saturated carbocycles. The lowest BCUT2D eigenvalue weighted by Gasteiger charge is -2.12. The molecule has 0 fully saturated rings. The Balaban J connectivity index is 2.77. The van der Waals surface area contributed by atoms with Gasteiger partial charge in [0.1, 0.15) is 0 Å². The van der Waals surface area contributed by atoms with Crippen LogP contribution in [-0.4, -0.2) is 19.6 Å². The maximum atomic E-state index is 11.3. The number of ether oxygens (including phenoxy) is 1. The molecule has 0 aliphatic heterocycles. The Morgan fingerprint density at radius 1 is 1.50 bits per heavy atom. The quantitative estimate of drug-likeness (QED) is 0.734. The summed E-state index contributed by atoms with van der Waals surface area (Å²) in [4.78, 5) is 11.3. The van der Waals surface area contributed by atoms with E-state index in [0.29, 0.717) is 12.1 Å². The molecule has 0 aliphatic rings. The Morgan fingerprint density at radius 2 is 2.25 bits per heavy atom. The minimum Gasteiger partial charge on any atom is -0.465 e. The molecule has 0 amide bonds. The van der Waals surface area contributed by atoms with E-state index >= 15 is 0 Å². The van der Waals surface area contributed by atoms with Gasteiger partial charge in [-0.25, -0.2) is 4.79 Å². The number of benzene rings is 1. The van der Waals surface area contributed by atoms with Crippen LogP contribution in [0.2, 0.25) is 0 Å². The molecule has 0 aromatic heterocycles. The molecule has 1 aromatic rings. The number of hydrogen-bond acceptors (Lipinski definition) is 4. The van der Waals surface area contributed by atoms with Crippen molar-refractivity contribution in [3.05, 3.63) is 35.4 Å². The fourth-order valence-corrected chi connectivity index (χ4v) is 1.52. The molecular formula is C12H18N2O2. The molecule has 1 atom stereocenters. The topological polar surface area (TPSA) is 78.3 Å². The van der Waals surface area contributed by atoms with Crippen molar-refractivity contribution in [1.29, 1.82) is 0 Å². The second-order valence-electron chi connectivity index (χ2n) is 3.65. The van der Waals surface area contributed by atoms with Crippen molar-refractivity contribution in [3.63, 3.8) is 0 Å². The Labute approximate surface area is 95.6 Å². The number of hydrogen-bond donors (Lipinski definition) is 2. The highest BCUT2D eigenvalue weighted by Gasteiger charge is 2.09. The number of methoxy groups -OCH3 is 1. The number of esters is 1. The largest absolute Gasteiger partial charge is 0.465 e. The lowest BCUT2D eigenvalue weighted by Crippen LogP contribution is -2.13. The van der Waals surface area contributed by atoms with Crippen molar-refractivity contribution in [2.24, 2.45) is 11.5 Å². The van der Waals surface area contributed by atoms with Crippen molar-refractivity contribution < 1.29 is 9.53 Å². The highest BCUT2D eigenvalue weighted by atomic mass is 16.5. The number of carbonyl (C=O) groups is 1. The van der Waals surface area contributed by atoms with Gasteiger partial charge in [-0.3, -0.25) is 0 Å². The molecule has 4 N–H and O–H groups in total. The molecule has 4 heteroatoms. The molecule has 0 spiro atoms. The summed E-state index contributed by atoms with van der Waals surface area (Å²) in [7, 11) is 1.36. The minimum atomic E-state index is -0.340. The first-order chi connectivity index (χ1) is 7.69. The molecule has 1 rings (SSSR count). The summed E-state index contributed by atoms with van der Waals surface area (Å²) in [5.74, 6) is -0.340. The van der Waals surface area contributed by atoms with Crippen LogP contribution in [0, 0.1) is 0 Å². The summed E-state index contributed by atoms with van der Waals surface area (Å²) in [5, 5.41) is 0. The standard InChI is InChI=1S/C12H18N2O2/c1-16-12(15)10-5-2-4-9(8-10)11(14)6-3-7-13/h2,4-5,8,11H,3,6-7,13-14H2,1H3/t11-/m0/s1. The SMILES string of the molecule is COC(=O)c1cccc([C@@H](N)CCCN)c1. The fourth-order valence-electron chi connectivity index (χ4n) is 1.52. The van der Waals surface area contributed by atoms with E-state index in [9.17, 15) is 4.79 Å². The average Bonchev–Trinajstić information content (AvgIpc) is 2.35. The monoisotopic (exact) mass is 222 g/mol. The van der Waals surface area contributed by atoms with Gasteiger partial charge in [0, 0.05) is 6.04 Å². The van der Waals surface area contributed by atoms with Gasteiger partial charge in [-0.05, 0) is 37.1 Å². The van der Waals surface area contributed by atoms with E-state index in [1.807, 2.05) is 12.1 Å². The van der Waals surface area contributed by atoms with Gasteiger partial charge in [0.15, 0.2) is 0 Å². The average molecular weight is 222 g/mol. The third kappa shape index (κ3) is 3.32. The second-order valence-corrected chi connectivity index (χ2v) is 3.65. The zero-order chi connectivity index (χ0) is 12.0. The van der Waals surface area contributed by atoms with Gasteiger partial charge in [-0.15, -0.1) is 0 Å². The molecule has 0 bridgehead atoms. The first-order valence-corrected chi connectivity index (χ1v) is 5.33. The van der Waals surface area contributed by atoms with E-state index in [4.69, 9.17) is 11.5 Å². The van der Waals surface area contributed by atoms with Gasteiger partial charge in [-0.1, -0.05) is 12.1 Å². The maximum absolute atomic E-state index is 11.3. The smallest absolute Gasteiger partial charge is 0.337 e. The van der Waals surface area contributed by atoms with Crippen LogP contribution in [0.5, 0.6) is 0 Å². The van der Waals surface area contributed by atoms with E-state index in [2.05, 4.69) is 4.74 Å². The van der Waals surface area contributed by atoms with Crippen LogP contribution < -0.4 is 11.5 Å². The van der Waals surface area contributed by atoms with Gasteiger partial charge in [0.2, 0.25) is 0 Å². The van der Waals surface area contributed by atoms with E-state index in [1.165, 1.54) is 7.11 Å². The van der Waals surface area contributed by atoms with Crippen LogP contribution in [0.1, 0.15) is 34.8 Å². The van der Waals surface area contributed by atoms with Crippen LogP contribution in [0.15, 0.2) is 24.3 Å². The maximum Gasteiger partial charge on any atom is 0.337 e. The van der Waals surface area contributed by atoms with Gasteiger partial charge in [-0.2, -0.15) is 0 Å². The zero-order valence-electron chi connectivity index (χ0n) is 9.48. The molecule has 0 unspecified atom stereocenters. The first kappa shape index (κ1) is 12.7. The molecule has 88 valence electrons. The molecule has 4 nitrogen and oxygen atoms in total. The number of carbonyl (C=O) groups excluding carboxylic acids is 1. The van der Waals surface area contributed by atoms with Gasteiger partial charge < -0.3 is 16.2 Å². The Bertz CT molecular complexity index is 353. The molecule has 1 aromatic carbocycles. The van der Waals surface area contributed by atoms with Crippen molar-refractivity contribution in [2.45, 2.75) is 18.9 Å². The third-order valence-electron chi connectivity index (χ3n) is 2.46. The van der Waals surface area contributed by atoms with Gasteiger partial charge in [0.25, 0.3) is 0 Å². The number of rotatable bonds is 5. The Kier molecular flexibility index (Phi) is 4.95. The van der Waals surface area contributed by atoms with Crippen molar-refractivity contribution >= 4 is 5.97 Å². The molecule has 0 heterocycles. The zero-order valence-corrected chi connectivity index (χ0v) is 9.48.